The molecule has 2 N–H and O–H groups in total. The van der Waals surface area contributed by atoms with Gasteiger partial charge in [-0.2, -0.15) is 0 Å². The molecule has 1 atom stereocenters. The van der Waals surface area contributed by atoms with Gasteiger partial charge in [0.1, 0.15) is 0 Å². The fraction of sp³-hybridized carbons (Fsp3) is 0.250. The molecule has 4 rings (SSSR count). The third-order valence-electron chi connectivity index (χ3n) is 4.88. The summed E-state index contributed by atoms with van der Waals surface area (Å²) in [5, 5.41) is 7.56. The summed E-state index contributed by atoms with van der Waals surface area (Å²) in [5.41, 5.74) is 7.75. The van der Waals surface area contributed by atoms with Gasteiger partial charge in [-0.3, -0.25) is 0 Å². The van der Waals surface area contributed by atoms with Crippen LogP contribution in [0, 0.1) is 0 Å². The third kappa shape index (κ3) is 2.57. The summed E-state index contributed by atoms with van der Waals surface area (Å²) in [6.45, 7) is 0. The molecule has 2 aromatic carbocycles. The number of thiocarbonyl (C=S) groups is 1. The Bertz CT molecular complexity index is 821. The van der Waals surface area contributed by atoms with E-state index in [-0.39, 0.29) is 6.04 Å². The van der Waals surface area contributed by atoms with E-state index >= 15 is 0 Å². The Morgan fingerprint density at radius 1 is 1.00 bits per heavy atom. The van der Waals surface area contributed by atoms with E-state index in [9.17, 15) is 0 Å². The predicted octanol–water partition coefficient (Wildman–Crippen LogP) is 3.63. The monoisotopic (exact) mass is 335 g/mol. The Kier molecular flexibility index (Phi) is 3.77. The number of hydrogen-bond acceptors (Lipinski definition) is 2. The van der Waals surface area contributed by atoms with Crippen molar-refractivity contribution in [1.29, 1.82) is 0 Å². The molecule has 3 nitrogen and oxygen atoms in total. The number of fused-ring (bicyclic) bond motifs is 2. The van der Waals surface area contributed by atoms with Gasteiger partial charge in [0.05, 0.1) is 6.04 Å². The standard InChI is InChI=1S/C20H21N3S/c1-23(2)15-10-7-14(8-11-15)18-17-12-9-13-5-3-4-6-16(13)19(17)22-20(24)21-18/h3-8,10-11,18H,9,12H2,1-2H3,(H2,21,22,24)/t18-/m1/s1. The molecular weight excluding hydrogens is 314 g/mol. The maximum absolute atomic E-state index is 5.48. The van der Waals surface area contributed by atoms with E-state index in [1.54, 1.807) is 0 Å². The molecule has 0 unspecified atom stereocenters. The van der Waals surface area contributed by atoms with Crippen LogP contribution in [0.4, 0.5) is 5.69 Å². The van der Waals surface area contributed by atoms with Gasteiger partial charge in [0, 0.05) is 31.0 Å². The molecular formula is C20H21N3S. The summed E-state index contributed by atoms with van der Waals surface area (Å²) in [6.07, 6.45) is 2.13. The van der Waals surface area contributed by atoms with Gasteiger partial charge in [0.2, 0.25) is 0 Å². The molecule has 1 aliphatic carbocycles. The lowest BCUT2D eigenvalue weighted by atomic mass is 9.83. The topological polar surface area (TPSA) is 27.3 Å². The molecule has 0 saturated carbocycles. The molecule has 0 spiro atoms. The molecule has 2 aliphatic rings. The van der Waals surface area contributed by atoms with Crippen LogP contribution < -0.4 is 15.5 Å². The molecule has 0 aromatic heterocycles. The quantitative estimate of drug-likeness (QED) is 0.820. The van der Waals surface area contributed by atoms with Gasteiger partial charge in [-0.25, -0.2) is 0 Å². The smallest absolute Gasteiger partial charge is 0.171 e. The van der Waals surface area contributed by atoms with E-state index < -0.39 is 0 Å². The molecule has 0 amide bonds. The Balaban J connectivity index is 1.77. The van der Waals surface area contributed by atoms with Crippen molar-refractivity contribution in [3.05, 3.63) is 70.8 Å². The van der Waals surface area contributed by atoms with E-state index in [0.717, 1.165) is 12.8 Å². The van der Waals surface area contributed by atoms with E-state index in [0.29, 0.717) is 5.11 Å². The van der Waals surface area contributed by atoms with Gasteiger partial charge in [-0.1, -0.05) is 36.4 Å². The molecule has 1 aliphatic heterocycles. The first kappa shape index (κ1) is 15.2. The van der Waals surface area contributed by atoms with Crippen molar-refractivity contribution in [3.8, 4) is 0 Å². The van der Waals surface area contributed by atoms with Crippen LogP contribution in [0.1, 0.15) is 29.2 Å². The number of nitrogens with one attached hydrogen (secondary N) is 2. The van der Waals surface area contributed by atoms with Crippen molar-refractivity contribution >= 4 is 28.7 Å². The molecule has 0 fully saturated rings. The molecule has 24 heavy (non-hydrogen) atoms. The Labute approximate surface area is 148 Å². The normalized spacial score (nSPS) is 19.1. The van der Waals surface area contributed by atoms with Crippen LogP contribution in [0.2, 0.25) is 0 Å². The van der Waals surface area contributed by atoms with Crippen LogP contribution in [-0.4, -0.2) is 19.2 Å². The zero-order valence-corrected chi connectivity index (χ0v) is 14.8. The maximum Gasteiger partial charge on any atom is 0.171 e. The summed E-state index contributed by atoms with van der Waals surface area (Å²) in [4.78, 5) is 2.12. The van der Waals surface area contributed by atoms with Crippen molar-refractivity contribution in [2.24, 2.45) is 0 Å². The molecule has 0 saturated heterocycles. The second-order valence-electron chi connectivity index (χ2n) is 6.57. The Morgan fingerprint density at radius 3 is 2.50 bits per heavy atom. The molecule has 122 valence electrons. The summed E-state index contributed by atoms with van der Waals surface area (Å²) in [7, 11) is 4.12. The average Bonchev–Trinajstić information content (AvgIpc) is 2.61. The van der Waals surface area contributed by atoms with Gasteiger partial charge in [0.15, 0.2) is 5.11 Å². The highest BCUT2D eigenvalue weighted by molar-refractivity contribution is 7.80. The van der Waals surface area contributed by atoms with Crippen LogP contribution in [0.25, 0.3) is 5.70 Å². The van der Waals surface area contributed by atoms with Crippen LogP contribution in [0.5, 0.6) is 0 Å². The van der Waals surface area contributed by atoms with Gasteiger partial charge >= 0.3 is 0 Å². The summed E-state index contributed by atoms with van der Waals surface area (Å²) in [5.74, 6) is 0. The average molecular weight is 335 g/mol. The molecule has 0 bridgehead atoms. The lowest BCUT2D eigenvalue weighted by Crippen LogP contribution is -2.44. The maximum atomic E-state index is 5.48. The summed E-state index contributed by atoms with van der Waals surface area (Å²) < 4.78 is 0. The minimum Gasteiger partial charge on any atom is -0.378 e. The van der Waals surface area contributed by atoms with Crippen molar-refractivity contribution < 1.29 is 0 Å². The van der Waals surface area contributed by atoms with Crippen molar-refractivity contribution in [3.63, 3.8) is 0 Å². The van der Waals surface area contributed by atoms with E-state index in [4.69, 9.17) is 12.2 Å². The van der Waals surface area contributed by atoms with Crippen LogP contribution in [0.15, 0.2) is 54.1 Å². The first-order valence-electron chi connectivity index (χ1n) is 8.29. The highest BCUT2D eigenvalue weighted by Gasteiger charge is 2.30. The zero-order chi connectivity index (χ0) is 16.7. The highest BCUT2D eigenvalue weighted by atomic mass is 32.1. The summed E-state index contributed by atoms with van der Waals surface area (Å²) in [6, 6.07) is 17.5. The van der Waals surface area contributed by atoms with Gasteiger partial charge < -0.3 is 15.5 Å². The molecule has 0 radical (unpaired) electrons. The second-order valence-corrected chi connectivity index (χ2v) is 6.98. The third-order valence-corrected chi connectivity index (χ3v) is 5.10. The first-order valence-corrected chi connectivity index (χ1v) is 8.70. The first-order chi connectivity index (χ1) is 11.6. The number of aryl methyl sites for hydroxylation is 1. The molecule has 4 heteroatoms. The fourth-order valence-electron chi connectivity index (χ4n) is 3.60. The minimum absolute atomic E-state index is 0.151. The predicted molar refractivity (Wildman–Crippen MR) is 104 cm³/mol. The Morgan fingerprint density at radius 2 is 1.75 bits per heavy atom. The lowest BCUT2D eigenvalue weighted by Gasteiger charge is -2.36. The lowest BCUT2D eigenvalue weighted by molar-refractivity contribution is 0.667. The molecule has 1 heterocycles. The second kappa shape index (κ2) is 5.95. The van der Waals surface area contributed by atoms with Crippen LogP contribution in [-0.2, 0) is 6.42 Å². The van der Waals surface area contributed by atoms with Crippen molar-refractivity contribution in [2.75, 3.05) is 19.0 Å². The van der Waals surface area contributed by atoms with Gasteiger partial charge in [-0.15, -0.1) is 0 Å². The van der Waals surface area contributed by atoms with Crippen molar-refractivity contribution in [2.45, 2.75) is 18.9 Å². The molecule has 2 aromatic rings. The summed E-state index contributed by atoms with van der Waals surface area (Å²) >= 11 is 5.48. The van der Waals surface area contributed by atoms with Crippen molar-refractivity contribution in [1.82, 2.24) is 10.6 Å². The SMILES string of the molecule is CN(C)c1ccc([C@H]2NC(=S)NC3=C2CCc2ccccc23)cc1. The zero-order valence-electron chi connectivity index (χ0n) is 14.0. The van der Waals surface area contributed by atoms with E-state index in [1.165, 1.54) is 33.6 Å². The number of hydrogen-bond donors (Lipinski definition) is 2. The fourth-order valence-corrected chi connectivity index (χ4v) is 3.82. The number of nitrogens with zero attached hydrogens (tertiary/aromatic N) is 1. The number of rotatable bonds is 2. The number of benzene rings is 2. The van der Waals surface area contributed by atoms with Gasteiger partial charge in [-0.05, 0) is 53.9 Å². The van der Waals surface area contributed by atoms with Crippen LogP contribution >= 0.6 is 12.2 Å². The van der Waals surface area contributed by atoms with E-state index in [1.807, 2.05) is 0 Å². The van der Waals surface area contributed by atoms with E-state index in [2.05, 4.69) is 78.2 Å². The minimum atomic E-state index is 0.151. The van der Waals surface area contributed by atoms with Crippen LogP contribution in [0.3, 0.4) is 0 Å². The number of anilines is 1. The Hall–Kier alpha value is -2.33. The largest absolute Gasteiger partial charge is 0.378 e. The van der Waals surface area contributed by atoms with Gasteiger partial charge in [0.25, 0.3) is 0 Å². The highest BCUT2D eigenvalue weighted by Crippen LogP contribution is 2.38.